The van der Waals surface area contributed by atoms with E-state index < -0.39 is 35.1 Å². The molecule has 4 aromatic rings. The second-order valence-electron chi connectivity index (χ2n) is 6.76. The fourth-order valence-corrected chi connectivity index (χ4v) is 3.63. The second kappa shape index (κ2) is 9.35. The summed E-state index contributed by atoms with van der Waals surface area (Å²) in [6.07, 6.45) is -1.87. The number of nitrogens with zero attached hydrogens (tertiary/aromatic N) is 3. The SMILES string of the molecule is O=C(Nc1ccc(NC(=O)c2ccccc2F)cc1C(F)(F)F)c1csc(-c2ncccn2)n1. The third-order valence-corrected chi connectivity index (χ3v) is 5.28. The quantitative estimate of drug-likeness (QED) is 0.374. The average molecular weight is 487 g/mol. The number of amides is 2. The van der Waals surface area contributed by atoms with Crippen molar-refractivity contribution in [3.8, 4) is 10.8 Å². The fraction of sp³-hybridized carbons (Fsp3) is 0.0455. The van der Waals surface area contributed by atoms with Crippen molar-refractivity contribution in [1.82, 2.24) is 15.0 Å². The summed E-state index contributed by atoms with van der Waals surface area (Å²) in [6.45, 7) is 0. The number of aromatic nitrogens is 3. The normalized spacial score (nSPS) is 11.2. The van der Waals surface area contributed by atoms with E-state index in [4.69, 9.17) is 0 Å². The standard InChI is InChI=1S/C22H13F4N5O2S/c23-15-5-2-1-4-13(15)19(32)29-12-6-7-16(14(10-12)22(24,25)26)30-20(33)17-11-34-21(31-17)18-27-8-3-9-28-18/h1-11H,(H,29,32)(H,30,33). The fourth-order valence-electron chi connectivity index (χ4n) is 2.89. The van der Waals surface area contributed by atoms with Crippen molar-refractivity contribution in [2.45, 2.75) is 6.18 Å². The molecular formula is C22H13F4N5O2S. The molecule has 2 aromatic heterocycles. The number of halogens is 4. The maximum atomic E-state index is 13.8. The van der Waals surface area contributed by atoms with Crippen LogP contribution in [0.3, 0.4) is 0 Å². The molecule has 0 atom stereocenters. The first-order valence-electron chi connectivity index (χ1n) is 9.54. The molecule has 0 aliphatic rings. The molecular weight excluding hydrogens is 474 g/mol. The summed E-state index contributed by atoms with van der Waals surface area (Å²) < 4.78 is 54.8. The average Bonchev–Trinajstić information content (AvgIpc) is 3.31. The molecule has 0 bridgehead atoms. The van der Waals surface area contributed by atoms with Crippen LogP contribution in [0.5, 0.6) is 0 Å². The smallest absolute Gasteiger partial charge is 0.322 e. The lowest BCUT2D eigenvalue weighted by molar-refractivity contribution is -0.136. The number of rotatable bonds is 5. The van der Waals surface area contributed by atoms with Gasteiger partial charge in [-0.15, -0.1) is 11.3 Å². The Morgan fingerprint density at radius 3 is 2.35 bits per heavy atom. The molecule has 0 radical (unpaired) electrons. The number of carbonyl (C=O) groups excluding carboxylic acids is 2. The third kappa shape index (κ3) is 5.07. The van der Waals surface area contributed by atoms with Gasteiger partial charge in [0, 0.05) is 23.5 Å². The van der Waals surface area contributed by atoms with Crippen molar-refractivity contribution in [2.24, 2.45) is 0 Å². The van der Waals surface area contributed by atoms with Gasteiger partial charge < -0.3 is 10.6 Å². The molecule has 4 rings (SSSR count). The van der Waals surface area contributed by atoms with Gasteiger partial charge in [-0.2, -0.15) is 13.2 Å². The van der Waals surface area contributed by atoms with E-state index in [0.29, 0.717) is 11.1 Å². The Labute approximate surface area is 193 Å². The molecule has 0 unspecified atom stereocenters. The number of alkyl halides is 3. The summed E-state index contributed by atoms with van der Waals surface area (Å²) in [4.78, 5) is 36.9. The summed E-state index contributed by atoms with van der Waals surface area (Å²) in [6, 6.07) is 9.47. The number of benzene rings is 2. The van der Waals surface area contributed by atoms with Crippen molar-refractivity contribution in [1.29, 1.82) is 0 Å². The summed E-state index contributed by atoms with van der Waals surface area (Å²) in [5.74, 6) is -2.32. The van der Waals surface area contributed by atoms with Crippen LogP contribution in [0.1, 0.15) is 26.4 Å². The number of thiazole rings is 1. The van der Waals surface area contributed by atoms with Crippen molar-refractivity contribution in [3.05, 3.63) is 88.9 Å². The van der Waals surface area contributed by atoms with Gasteiger partial charge in [0.1, 0.15) is 11.5 Å². The molecule has 2 N–H and O–H groups in total. The Morgan fingerprint density at radius 1 is 0.912 bits per heavy atom. The minimum absolute atomic E-state index is 0.113. The maximum Gasteiger partial charge on any atom is 0.418 e. The van der Waals surface area contributed by atoms with E-state index in [0.717, 1.165) is 29.5 Å². The van der Waals surface area contributed by atoms with Crippen LogP contribution in [-0.2, 0) is 6.18 Å². The monoisotopic (exact) mass is 487 g/mol. The van der Waals surface area contributed by atoms with Crippen LogP contribution in [0.4, 0.5) is 28.9 Å². The van der Waals surface area contributed by atoms with Gasteiger partial charge in [0.25, 0.3) is 11.8 Å². The Kier molecular flexibility index (Phi) is 6.32. The summed E-state index contributed by atoms with van der Waals surface area (Å²) in [5, 5.41) is 6.12. The Bertz CT molecular complexity index is 1360. The first kappa shape index (κ1) is 23.0. The molecule has 0 saturated carbocycles. The molecule has 0 aliphatic carbocycles. The number of anilines is 2. The molecule has 0 saturated heterocycles. The third-order valence-electron chi connectivity index (χ3n) is 4.44. The Balaban J connectivity index is 1.56. The lowest BCUT2D eigenvalue weighted by Crippen LogP contribution is -2.18. The topological polar surface area (TPSA) is 96.9 Å². The Morgan fingerprint density at radius 2 is 1.65 bits per heavy atom. The van der Waals surface area contributed by atoms with Gasteiger partial charge in [0.2, 0.25) is 0 Å². The van der Waals surface area contributed by atoms with E-state index in [2.05, 4.69) is 25.6 Å². The molecule has 0 aliphatic heterocycles. The van der Waals surface area contributed by atoms with Gasteiger partial charge in [-0.05, 0) is 36.4 Å². The van der Waals surface area contributed by atoms with Crippen LogP contribution in [0.25, 0.3) is 10.8 Å². The van der Waals surface area contributed by atoms with Gasteiger partial charge >= 0.3 is 6.18 Å². The van der Waals surface area contributed by atoms with Gasteiger partial charge in [-0.1, -0.05) is 12.1 Å². The summed E-state index contributed by atoms with van der Waals surface area (Å²) in [7, 11) is 0. The zero-order valence-electron chi connectivity index (χ0n) is 16.9. The maximum absolute atomic E-state index is 13.8. The van der Waals surface area contributed by atoms with Crippen molar-refractivity contribution in [3.63, 3.8) is 0 Å². The molecule has 0 spiro atoms. The van der Waals surface area contributed by atoms with Crippen LogP contribution in [0.15, 0.2) is 66.3 Å². The number of nitrogens with one attached hydrogen (secondary N) is 2. The van der Waals surface area contributed by atoms with Crippen molar-refractivity contribution >= 4 is 34.5 Å². The van der Waals surface area contributed by atoms with Crippen LogP contribution in [0, 0.1) is 5.82 Å². The highest BCUT2D eigenvalue weighted by Crippen LogP contribution is 2.37. The first-order valence-corrected chi connectivity index (χ1v) is 10.4. The largest absolute Gasteiger partial charge is 0.418 e. The van der Waals surface area contributed by atoms with Crippen LogP contribution >= 0.6 is 11.3 Å². The van der Waals surface area contributed by atoms with E-state index in [9.17, 15) is 27.2 Å². The van der Waals surface area contributed by atoms with Crippen LogP contribution < -0.4 is 10.6 Å². The molecule has 34 heavy (non-hydrogen) atoms. The van der Waals surface area contributed by atoms with Crippen molar-refractivity contribution < 1.29 is 27.2 Å². The van der Waals surface area contributed by atoms with E-state index in [-0.39, 0.29) is 22.8 Å². The molecule has 172 valence electrons. The molecule has 7 nitrogen and oxygen atoms in total. The lowest BCUT2D eigenvalue weighted by Gasteiger charge is -2.15. The highest BCUT2D eigenvalue weighted by Gasteiger charge is 2.34. The zero-order chi connectivity index (χ0) is 24.3. The predicted molar refractivity (Wildman–Crippen MR) is 117 cm³/mol. The van der Waals surface area contributed by atoms with Gasteiger partial charge in [0.05, 0.1) is 16.8 Å². The molecule has 12 heteroatoms. The number of carbonyl (C=O) groups is 2. The number of hydrogen-bond donors (Lipinski definition) is 2. The van der Waals surface area contributed by atoms with Gasteiger partial charge in [0.15, 0.2) is 10.8 Å². The highest BCUT2D eigenvalue weighted by atomic mass is 32.1. The van der Waals surface area contributed by atoms with E-state index in [1.807, 2.05) is 0 Å². The van der Waals surface area contributed by atoms with E-state index in [1.54, 1.807) is 6.07 Å². The van der Waals surface area contributed by atoms with Gasteiger partial charge in [-0.3, -0.25) is 9.59 Å². The molecule has 2 amide bonds. The van der Waals surface area contributed by atoms with Crippen molar-refractivity contribution in [2.75, 3.05) is 10.6 Å². The molecule has 0 fully saturated rings. The highest BCUT2D eigenvalue weighted by molar-refractivity contribution is 7.13. The minimum atomic E-state index is -4.85. The Hall–Kier alpha value is -4.19. The summed E-state index contributed by atoms with van der Waals surface area (Å²) in [5.41, 5.74) is -2.40. The minimum Gasteiger partial charge on any atom is -0.322 e. The van der Waals surface area contributed by atoms with Crippen LogP contribution in [-0.4, -0.2) is 26.8 Å². The lowest BCUT2D eigenvalue weighted by atomic mass is 10.1. The molecule has 2 aromatic carbocycles. The van der Waals surface area contributed by atoms with Gasteiger partial charge in [-0.25, -0.2) is 19.3 Å². The molecule has 2 heterocycles. The first-order chi connectivity index (χ1) is 16.2. The predicted octanol–water partition coefficient (Wildman–Crippen LogP) is 5.26. The van der Waals surface area contributed by atoms with E-state index >= 15 is 0 Å². The number of hydrogen-bond acceptors (Lipinski definition) is 6. The van der Waals surface area contributed by atoms with Crippen LogP contribution in [0.2, 0.25) is 0 Å². The summed E-state index contributed by atoms with van der Waals surface area (Å²) >= 11 is 1.06. The zero-order valence-corrected chi connectivity index (χ0v) is 17.7. The van der Waals surface area contributed by atoms with E-state index in [1.165, 1.54) is 36.0 Å². The second-order valence-corrected chi connectivity index (χ2v) is 7.61.